The van der Waals surface area contributed by atoms with Gasteiger partial charge in [-0.15, -0.1) is 0 Å². The maximum absolute atomic E-state index is 12.6. The smallest absolute Gasteiger partial charge is 0.308 e. The molecule has 0 unspecified atom stereocenters. The molecule has 0 radical (unpaired) electrons. The first-order valence-corrected chi connectivity index (χ1v) is 7.41. The molecule has 0 spiro atoms. The zero-order chi connectivity index (χ0) is 17.0. The molecule has 1 aliphatic rings. The number of likely N-dealkylation sites (tertiary alicyclic amines) is 1. The molecule has 0 bridgehead atoms. The summed E-state index contributed by atoms with van der Waals surface area (Å²) in [5, 5.41) is 9.17. The molecule has 0 aliphatic carbocycles. The van der Waals surface area contributed by atoms with E-state index in [-0.39, 0.29) is 18.4 Å². The van der Waals surface area contributed by atoms with E-state index in [2.05, 4.69) is 6.58 Å². The SMILES string of the molecule is C=CCOc1ccc(C(=O)N2C[C@@H](C)[C@H](C(=O)O)C2)cc1OC. The van der Waals surface area contributed by atoms with Gasteiger partial charge in [-0.05, 0) is 24.1 Å². The molecule has 124 valence electrons. The van der Waals surface area contributed by atoms with Crippen molar-refractivity contribution in [3.8, 4) is 11.5 Å². The Morgan fingerprint density at radius 3 is 2.70 bits per heavy atom. The van der Waals surface area contributed by atoms with E-state index in [1.807, 2.05) is 6.92 Å². The predicted octanol–water partition coefficient (Wildman–Crippen LogP) is 2.05. The number of rotatable bonds is 6. The second kappa shape index (κ2) is 7.17. The quantitative estimate of drug-likeness (QED) is 0.812. The van der Waals surface area contributed by atoms with Crippen LogP contribution in [0.1, 0.15) is 17.3 Å². The summed E-state index contributed by atoms with van der Waals surface area (Å²) in [7, 11) is 1.50. The molecule has 2 atom stereocenters. The third-order valence-corrected chi connectivity index (χ3v) is 3.98. The number of carboxylic acids is 1. The molecule has 1 aliphatic heterocycles. The zero-order valence-electron chi connectivity index (χ0n) is 13.3. The zero-order valence-corrected chi connectivity index (χ0v) is 13.3. The van der Waals surface area contributed by atoms with Crippen molar-refractivity contribution in [1.29, 1.82) is 0 Å². The van der Waals surface area contributed by atoms with Gasteiger partial charge < -0.3 is 19.5 Å². The number of ether oxygens (including phenoxy) is 2. The fourth-order valence-corrected chi connectivity index (χ4v) is 2.71. The van der Waals surface area contributed by atoms with Crippen LogP contribution in [0.25, 0.3) is 0 Å². The lowest BCUT2D eigenvalue weighted by atomic mass is 9.99. The maximum Gasteiger partial charge on any atom is 0.308 e. The Bertz CT molecular complexity index is 613. The molecule has 23 heavy (non-hydrogen) atoms. The van der Waals surface area contributed by atoms with Gasteiger partial charge in [0.25, 0.3) is 5.91 Å². The molecule has 1 amide bonds. The molecular formula is C17H21NO5. The number of hydrogen-bond donors (Lipinski definition) is 1. The molecule has 1 aromatic carbocycles. The van der Waals surface area contributed by atoms with Crippen LogP contribution < -0.4 is 9.47 Å². The second-order valence-electron chi connectivity index (χ2n) is 5.60. The largest absolute Gasteiger partial charge is 0.493 e. The molecule has 2 rings (SSSR count). The first kappa shape index (κ1) is 16.9. The van der Waals surface area contributed by atoms with Crippen LogP contribution in [0.3, 0.4) is 0 Å². The number of carboxylic acid groups (broad SMARTS) is 1. The van der Waals surface area contributed by atoms with Gasteiger partial charge in [-0.1, -0.05) is 19.6 Å². The summed E-state index contributed by atoms with van der Waals surface area (Å²) in [4.78, 5) is 25.3. The normalized spacial score (nSPS) is 20.2. The van der Waals surface area contributed by atoms with Crippen molar-refractivity contribution < 1.29 is 24.2 Å². The standard InChI is InChI=1S/C17H21NO5/c1-4-7-23-14-6-5-12(8-15(14)22-3)16(19)18-9-11(2)13(10-18)17(20)21/h4-6,8,11,13H,1,7,9-10H2,2-3H3,(H,20,21)/t11-,13-/m1/s1. The van der Waals surface area contributed by atoms with Gasteiger partial charge in [-0.2, -0.15) is 0 Å². The molecule has 6 heteroatoms. The predicted molar refractivity (Wildman–Crippen MR) is 84.9 cm³/mol. The minimum atomic E-state index is -0.862. The van der Waals surface area contributed by atoms with Crippen LogP contribution in [0, 0.1) is 11.8 Å². The third kappa shape index (κ3) is 3.64. The Morgan fingerprint density at radius 2 is 2.13 bits per heavy atom. The summed E-state index contributed by atoms with van der Waals surface area (Å²) in [6.07, 6.45) is 1.62. The number of hydrogen-bond acceptors (Lipinski definition) is 4. The minimum Gasteiger partial charge on any atom is -0.493 e. The summed E-state index contributed by atoms with van der Waals surface area (Å²) in [5.74, 6) is -0.654. The highest BCUT2D eigenvalue weighted by Crippen LogP contribution is 2.30. The van der Waals surface area contributed by atoms with Crippen molar-refractivity contribution in [2.75, 3.05) is 26.8 Å². The Labute approximate surface area is 135 Å². The average molecular weight is 319 g/mol. The van der Waals surface area contributed by atoms with Crippen molar-refractivity contribution in [2.24, 2.45) is 11.8 Å². The molecule has 1 aromatic rings. The van der Waals surface area contributed by atoms with Crippen LogP contribution in [0.4, 0.5) is 0 Å². The Morgan fingerprint density at radius 1 is 1.39 bits per heavy atom. The van der Waals surface area contributed by atoms with E-state index in [4.69, 9.17) is 9.47 Å². The fourth-order valence-electron chi connectivity index (χ4n) is 2.71. The highest BCUT2D eigenvalue weighted by molar-refractivity contribution is 5.95. The van der Waals surface area contributed by atoms with Gasteiger partial charge in [-0.25, -0.2) is 0 Å². The number of carbonyl (C=O) groups excluding carboxylic acids is 1. The van der Waals surface area contributed by atoms with Gasteiger partial charge in [0.2, 0.25) is 0 Å². The van der Waals surface area contributed by atoms with E-state index in [0.717, 1.165) is 0 Å². The van der Waals surface area contributed by atoms with Gasteiger partial charge >= 0.3 is 5.97 Å². The molecule has 1 saturated heterocycles. The molecule has 0 saturated carbocycles. The Balaban J connectivity index is 2.17. The van der Waals surface area contributed by atoms with Crippen LogP contribution in [0.2, 0.25) is 0 Å². The highest BCUT2D eigenvalue weighted by atomic mass is 16.5. The lowest BCUT2D eigenvalue weighted by molar-refractivity contribution is -0.142. The van der Waals surface area contributed by atoms with E-state index in [1.54, 1.807) is 29.2 Å². The number of amides is 1. The van der Waals surface area contributed by atoms with Gasteiger partial charge in [0, 0.05) is 18.7 Å². The van der Waals surface area contributed by atoms with Gasteiger partial charge in [-0.3, -0.25) is 9.59 Å². The monoisotopic (exact) mass is 319 g/mol. The van der Waals surface area contributed by atoms with Gasteiger partial charge in [0.15, 0.2) is 11.5 Å². The summed E-state index contributed by atoms with van der Waals surface area (Å²) >= 11 is 0. The Hall–Kier alpha value is -2.50. The summed E-state index contributed by atoms with van der Waals surface area (Å²) in [6, 6.07) is 4.94. The van der Waals surface area contributed by atoms with E-state index >= 15 is 0 Å². The number of aliphatic carboxylic acids is 1. The molecular weight excluding hydrogens is 298 g/mol. The lowest BCUT2D eigenvalue weighted by Gasteiger charge is -2.17. The summed E-state index contributed by atoms with van der Waals surface area (Å²) in [6.45, 7) is 6.44. The molecule has 6 nitrogen and oxygen atoms in total. The van der Waals surface area contributed by atoms with E-state index in [0.29, 0.717) is 30.2 Å². The lowest BCUT2D eigenvalue weighted by Crippen LogP contribution is -2.29. The van der Waals surface area contributed by atoms with Crippen molar-refractivity contribution in [2.45, 2.75) is 6.92 Å². The first-order chi connectivity index (χ1) is 11.0. The highest BCUT2D eigenvalue weighted by Gasteiger charge is 2.37. The van der Waals surface area contributed by atoms with Gasteiger partial charge in [0.1, 0.15) is 6.61 Å². The minimum absolute atomic E-state index is 0.0615. The summed E-state index contributed by atoms with van der Waals surface area (Å²) < 4.78 is 10.7. The average Bonchev–Trinajstić information content (AvgIpc) is 2.94. The van der Waals surface area contributed by atoms with E-state index in [9.17, 15) is 14.7 Å². The first-order valence-electron chi connectivity index (χ1n) is 7.41. The van der Waals surface area contributed by atoms with Crippen LogP contribution in [-0.2, 0) is 4.79 Å². The second-order valence-corrected chi connectivity index (χ2v) is 5.60. The molecule has 1 heterocycles. The van der Waals surface area contributed by atoms with E-state index < -0.39 is 11.9 Å². The van der Waals surface area contributed by atoms with Gasteiger partial charge in [0.05, 0.1) is 13.0 Å². The van der Waals surface area contributed by atoms with Crippen molar-refractivity contribution in [3.63, 3.8) is 0 Å². The van der Waals surface area contributed by atoms with Crippen molar-refractivity contribution in [3.05, 3.63) is 36.4 Å². The van der Waals surface area contributed by atoms with Crippen LogP contribution in [0.15, 0.2) is 30.9 Å². The van der Waals surface area contributed by atoms with Crippen molar-refractivity contribution >= 4 is 11.9 Å². The van der Waals surface area contributed by atoms with Crippen LogP contribution in [-0.4, -0.2) is 48.7 Å². The third-order valence-electron chi connectivity index (χ3n) is 3.98. The number of nitrogens with zero attached hydrogens (tertiary/aromatic N) is 1. The molecule has 1 N–H and O–H groups in total. The van der Waals surface area contributed by atoms with E-state index in [1.165, 1.54) is 7.11 Å². The topological polar surface area (TPSA) is 76.1 Å². The Kier molecular flexibility index (Phi) is 5.26. The maximum atomic E-state index is 12.6. The van der Waals surface area contributed by atoms with Crippen molar-refractivity contribution in [1.82, 2.24) is 4.90 Å². The molecule has 0 aromatic heterocycles. The number of carbonyl (C=O) groups is 2. The van der Waals surface area contributed by atoms with Crippen LogP contribution in [0.5, 0.6) is 11.5 Å². The molecule has 1 fully saturated rings. The number of benzene rings is 1. The fraction of sp³-hybridized carbons (Fsp3) is 0.412. The number of methoxy groups -OCH3 is 1. The van der Waals surface area contributed by atoms with Crippen LogP contribution >= 0.6 is 0 Å². The summed E-state index contributed by atoms with van der Waals surface area (Å²) in [5.41, 5.74) is 0.450.